The Morgan fingerprint density at radius 2 is 1.72 bits per heavy atom. The van der Waals surface area contributed by atoms with Gasteiger partial charge in [0, 0.05) is 60.6 Å². The molecule has 206 valence electrons. The fourth-order valence-electron chi connectivity index (χ4n) is 6.50. The molecule has 0 amide bonds. The van der Waals surface area contributed by atoms with Crippen molar-refractivity contribution >= 4 is 21.7 Å². The maximum Gasteiger partial charge on any atom is 0.335 e. The van der Waals surface area contributed by atoms with Gasteiger partial charge in [-0.1, -0.05) is 24.3 Å². The van der Waals surface area contributed by atoms with E-state index in [9.17, 15) is 22.7 Å². The second-order valence-electron chi connectivity index (χ2n) is 11.0. The second kappa shape index (κ2) is 10.4. The van der Waals surface area contributed by atoms with Gasteiger partial charge in [0.15, 0.2) is 0 Å². The van der Waals surface area contributed by atoms with E-state index in [-0.39, 0.29) is 21.1 Å². The van der Waals surface area contributed by atoms with Crippen LogP contribution in [-0.4, -0.2) is 54.5 Å². The number of carboxylic acids is 1. The number of aromatic nitrogens is 1. The highest BCUT2D eigenvalue weighted by molar-refractivity contribution is 7.85. The van der Waals surface area contributed by atoms with Gasteiger partial charge in [-0.2, -0.15) is 8.42 Å². The van der Waals surface area contributed by atoms with Crippen molar-refractivity contribution in [2.24, 2.45) is 0 Å². The van der Waals surface area contributed by atoms with Crippen molar-refractivity contribution in [1.82, 2.24) is 4.98 Å². The summed E-state index contributed by atoms with van der Waals surface area (Å²) < 4.78 is 43.2. The van der Waals surface area contributed by atoms with Gasteiger partial charge in [-0.15, -0.1) is 0 Å². The van der Waals surface area contributed by atoms with E-state index in [0.29, 0.717) is 38.8 Å². The molecule has 7 nitrogen and oxygen atoms in total. The third-order valence-electron chi connectivity index (χ3n) is 8.57. The normalized spacial score (nSPS) is 19.5. The topological polar surface area (TPSA) is 87.6 Å². The van der Waals surface area contributed by atoms with Gasteiger partial charge in [0.1, 0.15) is 23.7 Å². The molecule has 0 bridgehead atoms. The van der Waals surface area contributed by atoms with E-state index in [4.69, 9.17) is 0 Å². The molecular weight excluding hydrogens is 517 g/mol. The molecular formula is C30H35FN3O4S+. The van der Waals surface area contributed by atoms with Gasteiger partial charge in [-0.05, 0) is 56.2 Å². The summed E-state index contributed by atoms with van der Waals surface area (Å²) in [5, 5.41) is 9.64. The second-order valence-corrected chi connectivity index (χ2v) is 13.2. The Morgan fingerprint density at radius 1 is 1.05 bits per heavy atom. The molecule has 1 fully saturated rings. The summed E-state index contributed by atoms with van der Waals surface area (Å²) in [5.41, 5.74) is 5.03. The van der Waals surface area contributed by atoms with Crippen molar-refractivity contribution in [3.05, 3.63) is 94.1 Å². The minimum Gasteiger partial charge on any atom is -0.478 e. The molecule has 0 saturated carbocycles. The number of hydrogen-bond donors (Lipinski definition) is 1. The van der Waals surface area contributed by atoms with Crippen molar-refractivity contribution in [2.75, 3.05) is 25.0 Å². The number of fused-ring (bicyclic) bond motifs is 1. The minimum absolute atomic E-state index is 0.150. The fourth-order valence-corrected chi connectivity index (χ4v) is 8.68. The smallest absolute Gasteiger partial charge is 0.335 e. The summed E-state index contributed by atoms with van der Waals surface area (Å²) in [6, 6.07) is 14.5. The number of quaternary nitrogens is 1. The van der Waals surface area contributed by atoms with Gasteiger partial charge >= 0.3 is 16.0 Å². The number of aryl methyl sites for hydroxylation is 3. The largest absolute Gasteiger partial charge is 0.478 e. The van der Waals surface area contributed by atoms with Crippen LogP contribution in [-0.2, 0) is 22.2 Å². The van der Waals surface area contributed by atoms with Crippen molar-refractivity contribution in [1.29, 1.82) is 0 Å². The number of benzene rings is 2. The Kier molecular flexibility index (Phi) is 7.24. The van der Waals surface area contributed by atoms with Crippen LogP contribution in [0.5, 0.6) is 0 Å². The molecule has 2 unspecified atom stereocenters. The zero-order valence-electron chi connectivity index (χ0n) is 22.6. The van der Waals surface area contributed by atoms with Crippen LogP contribution in [0.2, 0.25) is 0 Å². The lowest BCUT2D eigenvalue weighted by molar-refractivity contribution is -0.846. The molecule has 5 rings (SSSR count). The monoisotopic (exact) mass is 552 g/mol. The third kappa shape index (κ3) is 5.05. The summed E-state index contributed by atoms with van der Waals surface area (Å²) >= 11 is 0. The molecule has 2 heterocycles. The van der Waals surface area contributed by atoms with E-state index in [1.54, 1.807) is 31.3 Å². The Balaban J connectivity index is 1.53. The van der Waals surface area contributed by atoms with Crippen molar-refractivity contribution < 1.29 is 26.6 Å². The number of aromatic carboxylic acids is 1. The van der Waals surface area contributed by atoms with E-state index in [0.717, 1.165) is 28.2 Å². The van der Waals surface area contributed by atoms with Crippen molar-refractivity contribution in [3.63, 3.8) is 0 Å². The van der Waals surface area contributed by atoms with Crippen LogP contribution in [0.15, 0.2) is 54.6 Å². The number of anilines is 1. The van der Waals surface area contributed by atoms with Gasteiger partial charge in [-0.25, -0.2) is 13.1 Å². The molecule has 1 aromatic heterocycles. The highest BCUT2D eigenvalue weighted by Crippen LogP contribution is 2.46. The first kappa shape index (κ1) is 27.3. The van der Waals surface area contributed by atoms with Gasteiger partial charge in [0.25, 0.3) is 0 Å². The van der Waals surface area contributed by atoms with Crippen LogP contribution < -0.4 is 4.90 Å². The highest BCUT2D eigenvalue weighted by Gasteiger charge is 2.53. The molecule has 39 heavy (non-hydrogen) atoms. The Bertz CT molecular complexity index is 1500. The lowest BCUT2D eigenvalue weighted by Gasteiger charge is -2.47. The number of sulfonamides is 1. The van der Waals surface area contributed by atoms with E-state index in [1.807, 2.05) is 19.9 Å². The molecule has 1 aliphatic heterocycles. The molecule has 1 aliphatic carbocycles. The molecule has 0 spiro atoms. The average Bonchev–Trinajstić information content (AvgIpc) is 3.32. The Labute approximate surface area is 229 Å². The van der Waals surface area contributed by atoms with Gasteiger partial charge in [0.05, 0.1) is 12.6 Å². The lowest BCUT2D eigenvalue weighted by atomic mass is 9.98. The Hall–Kier alpha value is -3.30. The maximum absolute atomic E-state index is 14.7. The Morgan fingerprint density at radius 3 is 2.36 bits per heavy atom. The van der Waals surface area contributed by atoms with Gasteiger partial charge < -0.3 is 10.0 Å². The van der Waals surface area contributed by atoms with Crippen LogP contribution in [0.1, 0.15) is 63.7 Å². The van der Waals surface area contributed by atoms with Gasteiger partial charge in [-0.3, -0.25) is 4.98 Å². The van der Waals surface area contributed by atoms with E-state index < -0.39 is 33.6 Å². The van der Waals surface area contributed by atoms with Crippen molar-refractivity contribution in [3.8, 4) is 0 Å². The summed E-state index contributed by atoms with van der Waals surface area (Å²) in [5.74, 6) is -1.99. The fraction of sp³-hybridized carbons (Fsp3) is 0.400. The lowest BCUT2D eigenvalue weighted by Crippen LogP contribution is -2.60. The molecule has 2 atom stereocenters. The predicted molar refractivity (Wildman–Crippen MR) is 149 cm³/mol. The summed E-state index contributed by atoms with van der Waals surface area (Å²) in [6.45, 7) is 5.31. The van der Waals surface area contributed by atoms with Crippen LogP contribution >= 0.6 is 0 Å². The molecule has 0 radical (unpaired) electrons. The standard InChI is InChI=1S/C30H34FN3O4S/c1-20-16-25(17-21(2)32-20)33-14-12-26(13-15-33)34(3,39(37,38)19-24-6-4-5-7-28(24)31)29-11-10-22-8-9-23(30(35)36)18-27(22)29/h4-9,16-18,26,29H,10-15,19H2,1-3H3/p+1. The zero-order valence-corrected chi connectivity index (χ0v) is 23.4. The van der Waals surface area contributed by atoms with Crippen LogP contribution in [0.4, 0.5) is 10.1 Å². The van der Waals surface area contributed by atoms with Crippen molar-refractivity contribution in [2.45, 2.75) is 57.4 Å². The summed E-state index contributed by atoms with van der Waals surface area (Å²) in [6.07, 6.45) is 2.54. The number of rotatable bonds is 7. The molecule has 2 aliphatic rings. The third-order valence-corrected chi connectivity index (χ3v) is 11.0. The average molecular weight is 553 g/mol. The van der Waals surface area contributed by atoms with E-state index >= 15 is 0 Å². The van der Waals surface area contributed by atoms with Crippen LogP contribution in [0.3, 0.4) is 0 Å². The van der Waals surface area contributed by atoms with Gasteiger partial charge in [0.2, 0.25) is 0 Å². The number of pyridine rings is 1. The summed E-state index contributed by atoms with van der Waals surface area (Å²) in [7, 11) is -2.16. The van der Waals surface area contributed by atoms with E-state index in [2.05, 4.69) is 22.0 Å². The number of carboxylic acid groups (broad SMARTS) is 1. The maximum atomic E-state index is 14.7. The molecule has 2 aromatic carbocycles. The predicted octanol–water partition coefficient (Wildman–Crippen LogP) is 5.17. The molecule has 1 saturated heterocycles. The molecule has 1 N–H and O–H groups in total. The number of halogens is 1. The highest BCUT2D eigenvalue weighted by atomic mass is 32.2. The zero-order chi connectivity index (χ0) is 27.9. The number of hydrogen-bond acceptors (Lipinski definition) is 5. The minimum atomic E-state index is -3.93. The quantitative estimate of drug-likeness (QED) is 0.407. The number of nitrogens with zero attached hydrogens (tertiary/aromatic N) is 3. The van der Waals surface area contributed by atoms with Crippen LogP contribution in [0.25, 0.3) is 0 Å². The SMILES string of the molecule is Cc1cc(N2CCC([N+](C)(C3CCc4ccc(C(=O)O)cc43)S(=O)(=O)Cc3ccccc3F)CC2)cc(C)n1. The molecule has 9 heteroatoms. The molecule has 3 aromatic rings. The number of carbonyl (C=O) groups is 1. The number of piperidine rings is 1. The van der Waals surface area contributed by atoms with Crippen LogP contribution in [0, 0.1) is 19.7 Å². The first-order valence-corrected chi connectivity index (χ1v) is 15.0. The summed E-state index contributed by atoms with van der Waals surface area (Å²) in [4.78, 5) is 18.5. The first-order valence-electron chi connectivity index (χ1n) is 13.4. The first-order chi connectivity index (χ1) is 18.5. The van der Waals surface area contributed by atoms with E-state index in [1.165, 1.54) is 12.1 Å².